The first kappa shape index (κ1) is 25.8. The number of carbonyl (C=O) groups is 2. The smallest absolute Gasteiger partial charge is 0.303 e. The molecule has 5 atom stereocenters. The van der Waals surface area contributed by atoms with Crippen molar-refractivity contribution in [2.45, 2.75) is 43.4 Å². The molecular weight excluding hydrogens is 470 g/mol. The number of nitrogens with two attached hydrogens (primary N) is 1. The zero-order valence-electron chi connectivity index (χ0n) is 18.2. The van der Waals surface area contributed by atoms with Gasteiger partial charge >= 0.3 is 5.97 Å². The molecule has 2 aliphatic heterocycles. The largest absolute Gasteiger partial charge is 0.481 e. The lowest BCUT2D eigenvalue weighted by molar-refractivity contribution is -0.137. The monoisotopic (exact) mass is 499 g/mol. The Labute approximate surface area is 199 Å². The molecule has 0 bridgehead atoms. The van der Waals surface area contributed by atoms with Crippen LogP contribution >= 0.6 is 12.2 Å². The molecule has 1 saturated heterocycles. The number of aromatic nitrogens is 2. The number of carbonyl (C=O) groups excluding carboxylic acids is 1. The van der Waals surface area contributed by atoms with Gasteiger partial charge in [0.25, 0.3) is 0 Å². The summed E-state index contributed by atoms with van der Waals surface area (Å²) in [7, 11) is 0. The van der Waals surface area contributed by atoms with Gasteiger partial charge in [0.05, 0.1) is 19.3 Å². The van der Waals surface area contributed by atoms with Gasteiger partial charge in [0.2, 0.25) is 11.9 Å². The molecule has 0 aromatic carbocycles. The maximum absolute atomic E-state index is 11.8. The molecule has 188 valence electrons. The number of anilines is 3. The number of ether oxygens (including phenoxy) is 1. The zero-order chi connectivity index (χ0) is 24.8. The van der Waals surface area contributed by atoms with Crippen molar-refractivity contribution in [2.75, 3.05) is 41.9 Å². The molecule has 10 N–H and O–H groups in total. The molecule has 3 unspecified atom stereocenters. The predicted molar refractivity (Wildman–Crippen MR) is 124 cm³/mol. The topological polar surface area (TPSA) is 218 Å². The number of aromatic amines is 1. The number of nitrogens with one attached hydrogen (secondary N) is 4. The standard InChI is InChI=1S/C19H29N7O7S/c20-9(3-4-11(28)29)16(32)21-5-1-2-6-22-19-24-15-12(17(34)25-19)23-8-26(15)18-14(31)13(30)10(7-27)33-18/h1-2,9-10,13-14,18,23,27,30-31H,3-8,20H2,(H,21,32)(H,28,29)(H2,22,24,25,34)/b2-1+/t9?,10-,13?,14?,18-/m1/s1. The Kier molecular flexibility index (Phi) is 8.76. The minimum absolute atomic E-state index is 0.0596. The van der Waals surface area contributed by atoms with E-state index in [1.807, 2.05) is 0 Å². The van der Waals surface area contributed by atoms with Crippen LogP contribution in [0.3, 0.4) is 0 Å². The van der Waals surface area contributed by atoms with Crippen molar-refractivity contribution < 1.29 is 34.8 Å². The number of hydrogen-bond acceptors (Lipinski definition) is 12. The summed E-state index contributed by atoms with van der Waals surface area (Å²) >= 11 is 5.34. The summed E-state index contributed by atoms with van der Waals surface area (Å²) in [6.45, 7) is 0.390. The minimum atomic E-state index is -1.23. The normalized spacial score (nSPS) is 24.6. The fourth-order valence-electron chi connectivity index (χ4n) is 3.54. The number of H-pyrrole nitrogens is 1. The number of rotatable bonds is 11. The first-order chi connectivity index (χ1) is 16.2. The predicted octanol–water partition coefficient (Wildman–Crippen LogP) is -1.96. The lowest BCUT2D eigenvalue weighted by Gasteiger charge is -2.27. The van der Waals surface area contributed by atoms with Crippen molar-refractivity contribution in [3.63, 3.8) is 0 Å². The molecule has 15 heteroatoms. The Hall–Kier alpha value is -2.82. The minimum Gasteiger partial charge on any atom is -0.481 e. The quantitative estimate of drug-likeness (QED) is 0.119. The molecule has 0 spiro atoms. The summed E-state index contributed by atoms with van der Waals surface area (Å²) in [6, 6.07) is -0.883. The Bertz CT molecular complexity index is 975. The molecule has 1 fully saturated rings. The average molecular weight is 500 g/mol. The van der Waals surface area contributed by atoms with Gasteiger partial charge in [0.15, 0.2) is 10.9 Å². The van der Waals surface area contributed by atoms with Crippen LogP contribution in [0.4, 0.5) is 17.5 Å². The molecular formula is C19H29N7O7S. The Morgan fingerprint density at radius 1 is 1.32 bits per heavy atom. The molecule has 34 heavy (non-hydrogen) atoms. The fraction of sp³-hybridized carbons (Fsp3) is 0.579. The van der Waals surface area contributed by atoms with Gasteiger partial charge in [-0.2, -0.15) is 0 Å². The second-order valence-corrected chi connectivity index (χ2v) is 8.17. The lowest BCUT2D eigenvalue weighted by Crippen LogP contribution is -2.44. The van der Waals surface area contributed by atoms with E-state index in [9.17, 15) is 24.9 Å². The van der Waals surface area contributed by atoms with E-state index in [0.717, 1.165) is 0 Å². The van der Waals surface area contributed by atoms with Gasteiger partial charge in [0.1, 0.15) is 29.8 Å². The van der Waals surface area contributed by atoms with Crippen LogP contribution in [0.15, 0.2) is 12.2 Å². The van der Waals surface area contributed by atoms with E-state index in [-0.39, 0.29) is 30.7 Å². The third kappa shape index (κ3) is 5.99. The zero-order valence-corrected chi connectivity index (χ0v) is 19.0. The number of aliphatic carboxylic acids is 1. The highest BCUT2D eigenvalue weighted by molar-refractivity contribution is 7.71. The third-order valence-electron chi connectivity index (χ3n) is 5.39. The third-order valence-corrected chi connectivity index (χ3v) is 5.69. The Morgan fingerprint density at radius 3 is 2.74 bits per heavy atom. The second kappa shape index (κ2) is 11.5. The van der Waals surface area contributed by atoms with Gasteiger partial charge in [0, 0.05) is 19.5 Å². The highest BCUT2D eigenvalue weighted by Crippen LogP contribution is 2.36. The second-order valence-electron chi connectivity index (χ2n) is 7.78. The van der Waals surface area contributed by atoms with Gasteiger partial charge in [-0.3, -0.25) is 9.59 Å². The number of carboxylic acid groups (broad SMARTS) is 1. The van der Waals surface area contributed by atoms with Gasteiger partial charge < -0.3 is 56.7 Å². The number of fused-ring (bicyclic) bond motifs is 1. The van der Waals surface area contributed by atoms with Crippen molar-refractivity contribution >= 4 is 41.5 Å². The van der Waals surface area contributed by atoms with Crippen molar-refractivity contribution in [3.05, 3.63) is 16.8 Å². The van der Waals surface area contributed by atoms with Gasteiger partial charge in [-0.05, 0) is 6.42 Å². The van der Waals surface area contributed by atoms with Gasteiger partial charge in [-0.1, -0.05) is 24.4 Å². The van der Waals surface area contributed by atoms with Crippen molar-refractivity contribution in [3.8, 4) is 0 Å². The van der Waals surface area contributed by atoms with Crippen LogP contribution in [0.2, 0.25) is 0 Å². The molecule has 2 aliphatic rings. The van der Waals surface area contributed by atoms with Crippen LogP contribution in [0.25, 0.3) is 0 Å². The van der Waals surface area contributed by atoms with E-state index in [1.165, 1.54) is 0 Å². The first-order valence-corrected chi connectivity index (χ1v) is 11.0. The van der Waals surface area contributed by atoms with Gasteiger partial charge in [-0.25, -0.2) is 4.98 Å². The van der Waals surface area contributed by atoms with Crippen LogP contribution in [0.5, 0.6) is 0 Å². The van der Waals surface area contributed by atoms with Crippen LogP contribution in [-0.2, 0) is 14.3 Å². The summed E-state index contributed by atoms with van der Waals surface area (Å²) in [5.74, 6) is -0.565. The molecule has 0 aliphatic carbocycles. The Morgan fingerprint density at radius 2 is 2.06 bits per heavy atom. The summed E-state index contributed by atoms with van der Waals surface area (Å²) < 4.78 is 5.89. The van der Waals surface area contributed by atoms with Crippen LogP contribution < -0.4 is 26.6 Å². The molecule has 1 aromatic heterocycles. The molecule has 3 heterocycles. The highest BCUT2D eigenvalue weighted by atomic mass is 32.1. The van der Waals surface area contributed by atoms with E-state index in [2.05, 4.69) is 25.9 Å². The Balaban J connectivity index is 1.53. The number of nitrogens with zero attached hydrogens (tertiary/aromatic N) is 2. The molecule has 0 radical (unpaired) electrons. The van der Waals surface area contributed by atoms with Crippen molar-refractivity contribution in [2.24, 2.45) is 5.73 Å². The molecule has 3 rings (SSSR count). The van der Waals surface area contributed by atoms with Crippen molar-refractivity contribution in [1.29, 1.82) is 0 Å². The summed E-state index contributed by atoms with van der Waals surface area (Å²) in [6.07, 6.45) is -0.919. The molecule has 14 nitrogen and oxygen atoms in total. The molecule has 1 aromatic rings. The van der Waals surface area contributed by atoms with Crippen molar-refractivity contribution in [1.82, 2.24) is 15.3 Å². The number of hydrogen-bond donors (Lipinski definition) is 9. The maximum Gasteiger partial charge on any atom is 0.303 e. The van der Waals surface area contributed by atoms with E-state index in [1.54, 1.807) is 17.1 Å². The van der Waals surface area contributed by atoms with Gasteiger partial charge in [-0.15, -0.1) is 0 Å². The average Bonchev–Trinajstić information content (AvgIpc) is 3.35. The first-order valence-electron chi connectivity index (χ1n) is 10.6. The molecule has 0 saturated carbocycles. The fourth-order valence-corrected chi connectivity index (χ4v) is 3.80. The van der Waals surface area contributed by atoms with E-state index >= 15 is 0 Å². The summed E-state index contributed by atoms with van der Waals surface area (Å²) in [5.41, 5.74) is 6.19. The number of carboxylic acids is 1. The van der Waals surface area contributed by atoms with E-state index in [0.29, 0.717) is 24.0 Å². The maximum atomic E-state index is 11.8. The lowest BCUT2D eigenvalue weighted by atomic mass is 10.1. The number of aliphatic hydroxyl groups is 3. The van der Waals surface area contributed by atoms with Crippen LogP contribution in [-0.4, -0.2) is 99.2 Å². The summed E-state index contributed by atoms with van der Waals surface area (Å²) in [5, 5.41) is 47.1. The van der Waals surface area contributed by atoms with E-state index < -0.39 is 49.1 Å². The number of aliphatic hydroxyl groups excluding tert-OH is 3. The highest BCUT2D eigenvalue weighted by Gasteiger charge is 2.47. The van der Waals surface area contributed by atoms with Crippen LogP contribution in [0, 0.1) is 4.64 Å². The number of amides is 1. The molecule has 1 amide bonds. The summed E-state index contributed by atoms with van der Waals surface area (Å²) in [4.78, 5) is 31.3. The van der Waals surface area contributed by atoms with E-state index in [4.69, 9.17) is 27.8 Å². The SMILES string of the molecule is NC(CCC(=O)O)C(=O)NC/C=C/CNc1nc(=S)c2c([nH]1)N([C@@H]1O[C@H](CO)C(O)C1O)CN2. The van der Waals surface area contributed by atoms with Crippen LogP contribution in [0.1, 0.15) is 12.8 Å².